The third-order valence-electron chi connectivity index (χ3n) is 6.27. The second kappa shape index (κ2) is 8.65. The van der Waals surface area contributed by atoms with Gasteiger partial charge in [0.2, 0.25) is 0 Å². The second-order valence-electron chi connectivity index (χ2n) is 8.62. The lowest BCUT2D eigenvalue weighted by Gasteiger charge is -2.38. The van der Waals surface area contributed by atoms with Gasteiger partial charge in [-0.05, 0) is 69.0 Å². The van der Waals surface area contributed by atoms with Gasteiger partial charge >= 0.3 is 6.03 Å². The summed E-state index contributed by atoms with van der Waals surface area (Å²) in [7, 11) is 0. The van der Waals surface area contributed by atoms with Gasteiger partial charge in [0.05, 0.1) is 19.7 Å². The lowest BCUT2D eigenvalue weighted by molar-refractivity contribution is -0.133. The Morgan fingerprint density at radius 2 is 1.88 bits per heavy atom. The van der Waals surface area contributed by atoms with E-state index in [1.54, 1.807) is 29.2 Å². The highest BCUT2D eigenvalue weighted by atomic mass is 16.5. The fourth-order valence-electron chi connectivity index (χ4n) is 4.51. The van der Waals surface area contributed by atoms with E-state index < -0.39 is 11.6 Å². The predicted octanol–water partition coefficient (Wildman–Crippen LogP) is 3.43. The Balaban J connectivity index is 1.51. The van der Waals surface area contributed by atoms with Crippen molar-refractivity contribution in [3.8, 4) is 5.75 Å². The average Bonchev–Trinajstić information content (AvgIpc) is 3.00. The predicted molar refractivity (Wildman–Crippen MR) is 120 cm³/mol. The lowest BCUT2D eigenvalue weighted by atomic mass is 9.88. The van der Waals surface area contributed by atoms with Gasteiger partial charge in [0.1, 0.15) is 11.3 Å². The molecule has 2 aromatic rings. The first kappa shape index (κ1) is 21.9. The number of nitrogens with one attached hydrogen (secondary N) is 1. The van der Waals surface area contributed by atoms with Crippen molar-refractivity contribution in [2.24, 2.45) is 0 Å². The molecule has 7 nitrogen and oxygen atoms in total. The topological polar surface area (TPSA) is 79.0 Å². The lowest BCUT2D eigenvalue weighted by Crippen LogP contribution is -2.59. The summed E-state index contributed by atoms with van der Waals surface area (Å²) in [5.74, 6) is 0.300. The van der Waals surface area contributed by atoms with Gasteiger partial charge in [0, 0.05) is 12.1 Å². The van der Waals surface area contributed by atoms with Crippen LogP contribution < -0.4 is 10.1 Å². The largest absolute Gasteiger partial charge is 0.494 e. The Kier molecular flexibility index (Phi) is 5.91. The monoisotopic (exact) mass is 435 g/mol. The number of likely N-dealkylation sites (tertiary alicyclic amines) is 1. The van der Waals surface area contributed by atoms with Crippen molar-refractivity contribution < 1.29 is 19.1 Å². The number of imide groups is 1. The van der Waals surface area contributed by atoms with Gasteiger partial charge in [-0.15, -0.1) is 0 Å². The zero-order valence-corrected chi connectivity index (χ0v) is 18.8. The van der Waals surface area contributed by atoms with Crippen LogP contribution in [0.3, 0.4) is 0 Å². The Labute approximate surface area is 188 Å². The minimum absolute atomic E-state index is 0.151. The van der Waals surface area contributed by atoms with E-state index in [1.807, 2.05) is 39.0 Å². The van der Waals surface area contributed by atoms with Crippen LogP contribution in [-0.4, -0.2) is 52.9 Å². The molecule has 32 heavy (non-hydrogen) atoms. The molecule has 0 aromatic heterocycles. The number of hydrogen-bond donors (Lipinski definition) is 1. The highest BCUT2D eigenvalue weighted by molar-refractivity contribution is 6.07. The van der Waals surface area contributed by atoms with Crippen molar-refractivity contribution in [1.29, 1.82) is 0 Å². The molecule has 2 aliphatic rings. The molecular weight excluding hydrogens is 406 g/mol. The van der Waals surface area contributed by atoms with E-state index in [4.69, 9.17) is 4.74 Å². The number of carbonyl (C=O) groups is 3. The van der Waals surface area contributed by atoms with Crippen molar-refractivity contribution in [1.82, 2.24) is 15.1 Å². The van der Waals surface area contributed by atoms with Gasteiger partial charge < -0.3 is 15.0 Å². The molecule has 0 radical (unpaired) electrons. The summed E-state index contributed by atoms with van der Waals surface area (Å²) in [5.41, 5.74) is 2.54. The van der Waals surface area contributed by atoms with Crippen molar-refractivity contribution in [2.45, 2.75) is 45.7 Å². The number of hydrogen-bond acceptors (Lipinski definition) is 4. The number of rotatable bonds is 5. The number of carbonyl (C=O) groups excluding carboxylic acids is 3. The second-order valence-corrected chi connectivity index (χ2v) is 8.62. The fraction of sp³-hybridized carbons (Fsp3) is 0.400. The minimum atomic E-state index is -1.06. The molecule has 2 heterocycles. The fourth-order valence-corrected chi connectivity index (χ4v) is 4.51. The molecule has 1 spiro atoms. The van der Waals surface area contributed by atoms with Crippen LogP contribution in [0, 0.1) is 13.8 Å². The number of benzene rings is 2. The van der Waals surface area contributed by atoms with Gasteiger partial charge in [-0.25, -0.2) is 4.79 Å². The molecule has 1 N–H and O–H groups in total. The number of nitrogens with zero attached hydrogens (tertiary/aromatic N) is 2. The van der Waals surface area contributed by atoms with Crippen LogP contribution in [0.1, 0.15) is 46.8 Å². The number of aryl methyl sites for hydroxylation is 2. The van der Waals surface area contributed by atoms with E-state index in [0.29, 0.717) is 37.3 Å². The van der Waals surface area contributed by atoms with Crippen LogP contribution in [0.15, 0.2) is 42.5 Å². The van der Waals surface area contributed by atoms with Crippen molar-refractivity contribution in [2.75, 3.05) is 19.7 Å². The van der Waals surface area contributed by atoms with Crippen molar-refractivity contribution >= 4 is 17.8 Å². The maximum atomic E-state index is 13.4. The maximum Gasteiger partial charge on any atom is 0.325 e. The Morgan fingerprint density at radius 1 is 1.12 bits per heavy atom. The summed E-state index contributed by atoms with van der Waals surface area (Å²) in [5, 5.41) is 2.91. The molecule has 0 aliphatic carbocycles. The number of piperidine rings is 1. The van der Waals surface area contributed by atoms with Crippen LogP contribution in [0.5, 0.6) is 5.75 Å². The summed E-state index contributed by atoms with van der Waals surface area (Å²) in [6.07, 6.45) is 1.17. The summed E-state index contributed by atoms with van der Waals surface area (Å²) >= 11 is 0. The zero-order chi connectivity index (χ0) is 22.9. The third-order valence-corrected chi connectivity index (χ3v) is 6.27. The van der Waals surface area contributed by atoms with Crippen LogP contribution in [0.4, 0.5) is 4.79 Å². The van der Waals surface area contributed by atoms with Crippen LogP contribution in [-0.2, 0) is 11.3 Å². The first-order chi connectivity index (χ1) is 15.3. The zero-order valence-electron chi connectivity index (χ0n) is 18.8. The average molecular weight is 436 g/mol. The number of ether oxygens (including phenoxy) is 1. The molecule has 2 saturated heterocycles. The molecule has 1 atom stereocenters. The molecule has 2 fully saturated rings. The Morgan fingerprint density at radius 3 is 2.59 bits per heavy atom. The van der Waals surface area contributed by atoms with E-state index in [0.717, 1.165) is 16.7 Å². The molecule has 4 amide bonds. The third kappa shape index (κ3) is 4.07. The highest BCUT2D eigenvalue weighted by Gasteiger charge is 2.53. The summed E-state index contributed by atoms with van der Waals surface area (Å²) in [4.78, 5) is 42.2. The molecule has 0 unspecified atom stereocenters. The molecule has 7 heteroatoms. The highest BCUT2D eigenvalue weighted by Crippen LogP contribution is 2.31. The quantitative estimate of drug-likeness (QED) is 0.730. The first-order valence-corrected chi connectivity index (χ1v) is 11.1. The van der Waals surface area contributed by atoms with Gasteiger partial charge in [-0.1, -0.05) is 23.8 Å². The van der Waals surface area contributed by atoms with Gasteiger partial charge in [-0.2, -0.15) is 0 Å². The Hall–Kier alpha value is -3.35. The molecule has 168 valence electrons. The van der Waals surface area contributed by atoms with Gasteiger partial charge in [-0.3, -0.25) is 14.5 Å². The molecule has 0 saturated carbocycles. The summed E-state index contributed by atoms with van der Waals surface area (Å²) < 4.78 is 5.44. The van der Waals surface area contributed by atoms with E-state index in [9.17, 15) is 14.4 Å². The van der Waals surface area contributed by atoms with E-state index in [-0.39, 0.29) is 24.9 Å². The first-order valence-electron chi connectivity index (χ1n) is 11.1. The maximum absolute atomic E-state index is 13.4. The van der Waals surface area contributed by atoms with Crippen LogP contribution in [0.25, 0.3) is 0 Å². The number of urea groups is 1. The molecule has 2 aromatic carbocycles. The molecule has 2 aliphatic heterocycles. The summed E-state index contributed by atoms with van der Waals surface area (Å²) in [6.45, 7) is 7.38. The van der Waals surface area contributed by atoms with Crippen LogP contribution >= 0.6 is 0 Å². The van der Waals surface area contributed by atoms with Crippen molar-refractivity contribution in [3.63, 3.8) is 0 Å². The smallest absolute Gasteiger partial charge is 0.325 e. The van der Waals surface area contributed by atoms with Gasteiger partial charge in [0.15, 0.2) is 0 Å². The van der Waals surface area contributed by atoms with E-state index in [2.05, 4.69) is 5.32 Å². The molecule has 0 bridgehead atoms. The Bertz CT molecular complexity index is 1050. The van der Waals surface area contributed by atoms with E-state index >= 15 is 0 Å². The van der Waals surface area contributed by atoms with Gasteiger partial charge in [0.25, 0.3) is 11.8 Å². The molecular formula is C25H29N3O4. The number of amides is 4. The minimum Gasteiger partial charge on any atom is -0.494 e. The van der Waals surface area contributed by atoms with Crippen molar-refractivity contribution in [3.05, 3.63) is 64.7 Å². The van der Waals surface area contributed by atoms with Crippen LogP contribution in [0.2, 0.25) is 0 Å². The molecule has 4 rings (SSSR count). The van der Waals surface area contributed by atoms with E-state index in [1.165, 1.54) is 4.90 Å². The normalized spacial score (nSPS) is 20.6. The SMILES string of the molecule is CCOc1ccc(C(=O)N2CCC[C@@]3(C2)NC(=O)N(Cc2cc(C)ccc2C)C3=O)cc1. The standard InChI is InChI=1S/C25H29N3O4/c1-4-32-21-10-8-19(9-11-21)22(29)27-13-5-12-25(16-27)23(30)28(24(31)26-25)15-20-14-17(2)6-7-18(20)3/h6-11,14H,4-5,12-13,15-16H2,1-3H3,(H,26,31)/t25-/m0/s1. The summed E-state index contributed by atoms with van der Waals surface area (Å²) in [6, 6.07) is 12.6.